The zero-order valence-electron chi connectivity index (χ0n) is 34.4. The monoisotopic (exact) mass is 833 g/mol. The van der Waals surface area contributed by atoms with Gasteiger partial charge >= 0.3 is 6.09 Å². The number of carbonyl (C=O) groups is 4. The lowest BCUT2D eigenvalue weighted by Crippen LogP contribution is -2.59. The number of sulfonamides is 1. The summed E-state index contributed by atoms with van der Waals surface area (Å²) in [6, 6.07) is 3.11. The number of ether oxygens (including phenoxy) is 5. The highest BCUT2D eigenvalue weighted by molar-refractivity contribution is 7.91. The lowest BCUT2D eigenvalue weighted by Gasteiger charge is -2.33. The molecule has 2 aromatic rings. The first kappa shape index (κ1) is 43.0. The lowest BCUT2D eigenvalue weighted by atomic mass is 9.88. The number of pyridine rings is 1. The van der Waals surface area contributed by atoms with Gasteiger partial charge in [-0.25, -0.2) is 18.2 Å². The summed E-state index contributed by atoms with van der Waals surface area (Å²) < 4.78 is 56.7. The van der Waals surface area contributed by atoms with Crippen LogP contribution in [0.25, 0.3) is 10.8 Å². The van der Waals surface area contributed by atoms with Crippen molar-refractivity contribution in [2.24, 2.45) is 17.8 Å². The lowest BCUT2D eigenvalue weighted by molar-refractivity contribution is -0.142. The van der Waals surface area contributed by atoms with E-state index < -0.39 is 74.3 Å². The highest BCUT2D eigenvalue weighted by Gasteiger charge is 2.62. The molecule has 0 radical (unpaired) electrons. The van der Waals surface area contributed by atoms with Crippen molar-refractivity contribution in [1.82, 2.24) is 25.2 Å². The van der Waals surface area contributed by atoms with Gasteiger partial charge in [0, 0.05) is 34.5 Å². The van der Waals surface area contributed by atoms with E-state index in [9.17, 15) is 27.6 Å². The summed E-state index contributed by atoms with van der Waals surface area (Å²) in [5.41, 5.74) is -2.37. The van der Waals surface area contributed by atoms with Gasteiger partial charge in [0.05, 0.1) is 31.7 Å². The maximum atomic E-state index is 14.8. The van der Waals surface area contributed by atoms with Crippen molar-refractivity contribution in [3.05, 3.63) is 36.5 Å². The molecule has 6 rings (SSSR count). The maximum absolute atomic E-state index is 14.8. The maximum Gasteiger partial charge on any atom is 0.408 e. The van der Waals surface area contributed by atoms with E-state index >= 15 is 0 Å². The Kier molecular flexibility index (Phi) is 12.8. The number of fused-ring (bicyclic) bond motifs is 3. The van der Waals surface area contributed by atoms with Crippen molar-refractivity contribution in [2.45, 2.75) is 114 Å². The van der Waals surface area contributed by atoms with Gasteiger partial charge < -0.3 is 39.2 Å². The van der Waals surface area contributed by atoms with Crippen LogP contribution in [-0.2, 0) is 33.9 Å². The summed E-state index contributed by atoms with van der Waals surface area (Å²) in [7, 11) is -0.790. The summed E-state index contributed by atoms with van der Waals surface area (Å²) >= 11 is 0. The fourth-order valence-electron chi connectivity index (χ4n) is 7.83. The molecule has 1 saturated heterocycles. The molecule has 0 bridgehead atoms. The molecule has 3 fully saturated rings. The van der Waals surface area contributed by atoms with E-state index in [0.717, 1.165) is 6.42 Å². The minimum atomic E-state index is -3.92. The molecule has 16 nitrogen and oxygen atoms in total. The molecular formula is C41H63N5O11S. The minimum absolute atomic E-state index is 0. The molecular weight excluding hydrogens is 771 g/mol. The molecule has 58 heavy (non-hydrogen) atoms. The minimum Gasteiger partial charge on any atom is -0.497 e. The molecule has 324 valence electrons. The molecule has 1 aromatic heterocycles. The Morgan fingerprint density at radius 2 is 1.83 bits per heavy atom. The zero-order valence-corrected chi connectivity index (χ0v) is 35.2. The Balaban J connectivity index is 0.00000331. The number of alkyl carbamates (subject to hydrolysis) is 1. The second-order valence-corrected chi connectivity index (χ2v) is 19.0. The second-order valence-electron chi connectivity index (χ2n) is 17.1. The van der Waals surface area contributed by atoms with Crippen molar-refractivity contribution in [1.29, 1.82) is 0 Å². The Bertz CT molecular complexity index is 2030. The Morgan fingerprint density at radius 3 is 2.52 bits per heavy atom. The van der Waals surface area contributed by atoms with Gasteiger partial charge in [-0.1, -0.05) is 26.0 Å². The quantitative estimate of drug-likeness (QED) is 0.208. The van der Waals surface area contributed by atoms with Crippen LogP contribution in [-0.4, -0.2) is 111 Å². The number of allylic oxidation sites excluding steroid dienone is 1. The van der Waals surface area contributed by atoms with Crippen LogP contribution in [0.3, 0.4) is 0 Å². The van der Waals surface area contributed by atoms with Gasteiger partial charge in [-0.05, 0) is 89.3 Å². The van der Waals surface area contributed by atoms with Crippen molar-refractivity contribution in [3.63, 3.8) is 0 Å². The molecule has 4 aliphatic rings. The smallest absolute Gasteiger partial charge is 0.408 e. The molecule has 2 aliphatic heterocycles. The van der Waals surface area contributed by atoms with Crippen LogP contribution < -0.4 is 29.6 Å². The Morgan fingerprint density at radius 1 is 1.07 bits per heavy atom. The Hall–Kier alpha value is -4.64. The van der Waals surface area contributed by atoms with Crippen molar-refractivity contribution in [2.75, 3.05) is 34.0 Å². The van der Waals surface area contributed by atoms with E-state index in [1.807, 2.05) is 19.1 Å². The number of benzene rings is 1. The van der Waals surface area contributed by atoms with E-state index in [4.69, 9.17) is 23.7 Å². The summed E-state index contributed by atoms with van der Waals surface area (Å²) in [5, 5.41) is 6.32. The van der Waals surface area contributed by atoms with Crippen LogP contribution in [0.5, 0.6) is 17.4 Å². The van der Waals surface area contributed by atoms with Crippen LogP contribution in [0, 0.1) is 17.8 Å². The van der Waals surface area contributed by atoms with Gasteiger partial charge in [0.2, 0.25) is 27.7 Å². The number of nitrogens with one attached hydrogen (secondary N) is 3. The van der Waals surface area contributed by atoms with Crippen LogP contribution in [0.4, 0.5) is 4.79 Å². The molecule has 0 spiro atoms. The molecule has 1 aromatic carbocycles. The molecule has 3 heterocycles. The first-order valence-corrected chi connectivity index (χ1v) is 21.6. The first-order chi connectivity index (χ1) is 27.4. The number of rotatable bonds is 11. The van der Waals surface area contributed by atoms with E-state index in [0.29, 0.717) is 54.6 Å². The number of hydrogen-bond acceptors (Lipinski definition) is 12. The normalized spacial score (nSPS) is 28.5. The molecule has 2 aliphatic carbocycles. The summed E-state index contributed by atoms with van der Waals surface area (Å²) in [6.45, 7) is 9.72. The number of amides is 4. The van der Waals surface area contributed by atoms with Crippen LogP contribution in [0.2, 0.25) is 0 Å². The topological polar surface area (TPSA) is 201 Å². The second kappa shape index (κ2) is 17.3. The number of hydrogen-bond donors (Lipinski definition) is 3. The Labute approximate surface area is 344 Å². The molecule has 7 atom stereocenters. The number of aromatic nitrogens is 1. The van der Waals surface area contributed by atoms with Gasteiger partial charge in [-0.2, -0.15) is 0 Å². The fraction of sp³-hybridized carbons (Fsp3) is 0.634. The van der Waals surface area contributed by atoms with E-state index in [1.54, 1.807) is 53.2 Å². The molecule has 4 amide bonds. The molecule has 2 saturated carbocycles. The summed E-state index contributed by atoms with van der Waals surface area (Å²) in [5.74, 6) is -1.36. The highest BCUT2D eigenvalue weighted by Crippen LogP contribution is 2.46. The average molecular weight is 834 g/mol. The third-order valence-corrected chi connectivity index (χ3v) is 13.0. The summed E-state index contributed by atoms with van der Waals surface area (Å²) in [6.07, 6.45) is 6.94. The van der Waals surface area contributed by atoms with Gasteiger partial charge in [-0.3, -0.25) is 19.1 Å². The van der Waals surface area contributed by atoms with Crippen molar-refractivity contribution in [3.8, 4) is 17.4 Å². The standard InChI is InChI=1S/C41H57N5O11S.3H2/c1-24-10-8-9-11-26-21-41(26,38(49)45-58(51,52)29-13-14-29)44-35(47)32-20-28(23-46(32)37(48)34(25(2)18-24)43-39(50)57-40(3,4)5)56-36-30-15-12-27(54-7)19-31(30)33(22-42-36)55-17-16-53-6;;;/h9,11-12,15,19,22,24-26,28-29,32,34H,8,10,13-14,16-18,20-21,23H2,1-7H3,(H,43,50)(H,44,47)(H,45,49);3*1H/b11-9-;;;/t24-,25+,26+,28+,32-,34-,41+;;;/m0.../s1. The third kappa shape index (κ3) is 9.96. The van der Waals surface area contributed by atoms with Crippen LogP contribution >= 0.6 is 0 Å². The van der Waals surface area contributed by atoms with Gasteiger partial charge in [-0.15, -0.1) is 0 Å². The average Bonchev–Trinajstić information content (AvgIpc) is 4.08. The van der Waals surface area contributed by atoms with Crippen molar-refractivity contribution < 1.29 is 55.6 Å². The predicted molar refractivity (Wildman–Crippen MR) is 220 cm³/mol. The van der Waals surface area contributed by atoms with Crippen molar-refractivity contribution >= 4 is 44.6 Å². The van der Waals surface area contributed by atoms with Crippen LogP contribution in [0.1, 0.15) is 83.8 Å². The van der Waals surface area contributed by atoms with E-state index in [2.05, 4.69) is 27.3 Å². The SMILES string of the molecule is COCCOc1cnc(O[C@@H]2C[C@H]3C(=O)N[C@]4(C(=O)NS(=O)(=O)C5CC5)C[C@H]4/C=C\CC[C@H](C)C[C@@H](C)[C@H](NC(=O)OC(C)(C)C)C(=O)N3C2)c2ccc(OC)cc12.[HH].[HH].[HH]. The molecule has 17 heteroatoms. The largest absolute Gasteiger partial charge is 0.497 e. The van der Waals surface area contributed by atoms with E-state index in [-0.39, 0.29) is 48.0 Å². The zero-order chi connectivity index (χ0) is 42.0. The van der Waals surface area contributed by atoms with Gasteiger partial charge in [0.25, 0.3) is 5.91 Å². The molecule has 3 N–H and O–H groups in total. The van der Waals surface area contributed by atoms with Gasteiger partial charge in [0.15, 0.2) is 0 Å². The first-order valence-electron chi connectivity index (χ1n) is 20.0. The van der Waals surface area contributed by atoms with Crippen LogP contribution in [0.15, 0.2) is 36.5 Å². The van der Waals surface area contributed by atoms with Gasteiger partial charge in [0.1, 0.15) is 47.4 Å². The highest BCUT2D eigenvalue weighted by atomic mass is 32.2. The number of methoxy groups -OCH3 is 2. The number of nitrogens with zero attached hydrogens (tertiary/aromatic N) is 2. The third-order valence-electron chi connectivity index (χ3n) is 11.1. The molecule has 0 unspecified atom stereocenters. The predicted octanol–water partition coefficient (Wildman–Crippen LogP) is 4.74. The van der Waals surface area contributed by atoms with E-state index in [1.165, 1.54) is 11.1 Å². The fourth-order valence-corrected chi connectivity index (χ4v) is 9.19. The summed E-state index contributed by atoms with van der Waals surface area (Å²) in [4.78, 5) is 62.4. The number of carbonyl (C=O) groups excluding carboxylic acids is 4.